The van der Waals surface area contributed by atoms with Crippen LogP contribution in [0.5, 0.6) is 0 Å². The average Bonchev–Trinajstić information content (AvgIpc) is 3.02. The molecule has 0 unspecified atom stereocenters. The van der Waals surface area contributed by atoms with Gasteiger partial charge in [-0.2, -0.15) is 0 Å². The Hall–Kier alpha value is -2.61. The number of methoxy groups -OCH3 is 1. The number of nitrogens with zero attached hydrogens (tertiary/aromatic N) is 3. The number of benzene rings is 1. The van der Waals surface area contributed by atoms with Gasteiger partial charge in [0.05, 0.1) is 19.3 Å². The third-order valence-electron chi connectivity index (χ3n) is 4.04. The molecule has 1 aromatic carbocycles. The van der Waals surface area contributed by atoms with Crippen molar-refractivity contribution in [3.05, 3.63) is 40.4 Å². The molecule has 1 N–H and O–H groups in total. The smallest absolute Gasteiger partial charge is 0.413 e. The highest BCUT2D eigenvalue weighted by Crippen LogP contribution is 2.29. The molecule has 0 radical (unpaired) electrons. The maximum absolute atomic E-state index is 12.7. The van der Waals surface area contributed by atoms with Crippen LogP contribution < -0.4 is 10.2 Å². The highest BCUT2D eigenvalue weighted by Gasteiger charge is 2.25. The number of carbonyl (C=O) groups is 2. The van der Waals surface area contributed by atoms with Crippen molar-refractivity contribution in [3.63, 3.8) is 0 Å². The summed E-state index contributed by atoms with van der Waals surface area (Å²) in [6.45, 7) is 1.12. The van der Waals surface area contributed by atoms with E-state index >= 15 is 0 Å². The lowest BCUT2D eigenvalue weighted by atomic mass is 10.1. The largest absolute Gasteiger partial charge is 0.453 e. The molecule has 1 aliphatic rings. The molecule has 3 rings (SSSR count). The van der Waals surface area contributed by atoms with Gasteiger partial charge < -0.3 is 14.5 Å². The second kappa shape index (κ2) is 7.10. The Labute approximate surface area is 150 Å². The summed E-state index contributed by atoms with van der Waals surface area (Å²) >= 11 is 1.38. The van der Waals surface area contributed by atoms with Gasteiger partial charge in [-0.25, -0.2) is 9.78 Å². The second-order valence-electron chi connectivity index (χ2n) is 5.92. The number of ether oxygens (including phenoxy) is 1. The first-order valence-electron chi connectivity index (χ1n) is 7.88. The molecule has 7 nitrogen and oxygen atoms in total. The summed E-state index contributed by atoms with van der Waals surface area (Å²) in [5, 5.41) is 3.08. The number of hydrogen-bond donors (Lipinski definition) is 1. The lowest BCUT2D eigenvalue weighted by Gasteiger charge is -2.26. The Morgan fingerprint density at radius 1 is 1.28 bits per heavy atom. The molecule has 0 spiro atoms. The zero-order valence-electron chi connectivity index (χ0n) is 14.4. The molecule has 25 heavy (non-hydrogen) atoms. The quantitative estimate of drug-likeness (QED) is 0.911. The van der Waals surface area contributed by atoms with Crippen molar-refractivity contribution in [2.75, 3.05) is 38.0 Å². The van der Waals surface area contributed by atoms with Crippen LogP contribution in [0.4, 0.5) is 15.6 Å². The number of nitrogens with one attached hydrogen (secondary N) is 1. The molecule has 0 atom stereocenters. The van der Waals surface area contributed by atoms with Crippen LogP contribution in [-0.2, 0) is 17.7 Å². The van der Waals surface area contributed by atoms with Crippen molar-refractivity contribution < 1.29 is 14.3 Å². The van der Waals surface area contributed by atoms with Gasteiger partial charge in [0.25, 0.3) is 5.91 Å². The van der Waals surface area contributed by atoms with Crippen LogP contribution in [0.3, 0.4) is 0 Å². The van der Waals surface area contributed by atoms with Crippen molar-refractivity contribution in [1.29, 1.82) is 0 Å². The molecule has 1 aliphatic heterocycles. The molecule has 0 aliphatic carbocycles. The molecule has 0 bridgehead atoms. The first kappa shape index (κ1) is 17.2. The molecule has 2 aromatic rings. The van der Waals surface area contributed by atoms with Gasteiger partial charge in [-0.05, 0) is 24.3 Å². The SMILES string of the molecule is COC(=O)Nc1nc2c(s1)CN(C(=O)c1ccc(N(C)C)cc1)CC2. The van der Waals surface area contributed by atoms with E-state index < -0.39 is 6.09 Å². The van der Waals surface area contributed by atoms with E-state index in [0.717, 1.165) is 16.3 Å². The number of aromatic nitrogens is 1. The minimum Gasteiger partial charge on any atom is -0.453 e. The Morgan fingerprint density at radius 3 is 2.64 bits per heavy atom. The van der Waals surface area contributed by atoms with Gasteiger partial charge >= 0.3 is 6.09 Å². The van der Waals surface area contributed by atoms with Crippen LogP contribution in [0, 0.1) is 0 Å². The first-order chi connectivity index (χ1) is 12.0. The van der Waals surface area contributed by atoms with Gasteiger partial charge in [0.15, 0.2) is 5.13 Å². The average molecular weight is 360 g/mol. The molecule has 0 saturated heterocycles. The molecule has 1 aromatic heterocycles. The number of anilines is 2. The molecular weight excluding hydrogens is 340 g/mol. The van der Waals surface area contributed by atoms with Gasteiger partial charge in [0, 0.05) is 43.2 Å². The Balaban J connectivity index is 1.71. The summed E-state index contributed by atoms with van der Waals surface area (Å²) in [6.07, 6.45) is 0.135. The number of fused-ring (bicyclic) bond motifs is 1. The van der Waals surface area contributed by atoms with E-state index in [4.69, 9.17) is 0 Å². The van der Waals surface area contributed by atoms with Crippen molar-refractivity contribution in [2.24, 2.45) is 0 Å². The molecule has 0 saturated carbocycles. The number of amides is 2. The lowest BCUT2D eigenvalue weighted by molar-refractivity contribution is 0.0736. The van der Waals surface area contributed by atoms with Crippen molar-refractivity contribution >= 4 is 34.2 Å². The third kappa shape index (κ3) is 3.74. The summed E-state index contributed by atoms with van der Waals surface area (Å²) in [5.74, 6) is 0.00633. The van der Waals surface area contributed by atoms with Gasteiger partial charge in [-0.15, -0.1) is 0 Å². The predicted molar refractivity (Wildman–Crippen MR) is 97.4 cm³/mol. The van der Waals surface area contributed by atoms with Crippen molar-refractivity contribution in [3.8, 4) is 0 Å². The van der Waals surface area contributed by atoms with Crippen LogP contribution in [0.25, 0.3) is 0 Å². The number of rotatable bonds is 3. The minimum atomic E-state index is -0.542. The molecule has 2 amide bonds. The topological polar surface area (TPSA) is 74.8 Å². The van der Waals surface area contributed by atoms with Crippen LogP contribution in [-0.4, -0.2) is 49.6 Å². The minimum absolute atomic E-state index is 0.00633. The zero-order chi connectivity index (χ0) is 18.0. The highest BCUT2D eigenvalue weighted by molar-refractivity contribution is 7.15. The predicted octanol–water partition coefficient (Wildman–Crippen LogP) is 2.59. The Kier molecular flexibility index (Phi) is 4.89. The fourth-order valence-corrected chi connectivity index (χ4v) is 3.65. The van der Waals surface area contributed by atoms with Crippen LogP contribution in [0.2, 0.25) is 0 Å². The number of thiazole rings is 1. The maximum Gasteiger partial charge on any atom is 0.413 e. The standard InChI is InChI=1S/C17H20N4O3S/c1-20(2)12-6-4-11(5-7-12)15(22)21-9-8-13-14(10-21)25-16(18-13)19-17(23)24-3/h4-7H,8-10H2,1-3H3,(H,18,19,23). The summed E-state index contributed by atoms with van der Waals surface area (Å²) in [5.41, 5.74) is 2.66. The molecule has 2 heterocycles. The number of carbonyl (C=O) groups excluding carboxylic acids is 2. The Bertz CT molecular complexity index is 786. The molecular formula is C17H20N4O3S. The fourth-order valence-electron chi connectivity index (χ4n) is 2.65. The van der Waals surface area contributed by atoms with Crippen molar-refractivity contribution in [1.82, 2.24) is 9.88 Å². The van der Waals surface area contributed by atoms with Crippen LogP contribution in [0.15, 0.2) is 24.3 Å². The van der Waals surface area contributed by atoms with Gasteiger partial charge in [0.2, 0.25) is 0 Å². The summed E-state index contributed by atoms with van der Waals surface area (Å²) in [7, 11) is 5.24. The second-order valence-corrected chi connectivity index (χ2v) is 7.01. The van der Waals surface area contributed by atoms with E-state index in [1.807, 2.05) is 48.2 Å². The summed E-state index contributed by atoms with van der Waals surface area (Å²) in [6, 6.07) is 7.58. The molecule has 0 fully saturated rings. The van der Waals surface area contributed by atoms with Gasteiger partial charge in [-0.3, -0.25) is 10.1 Å². The Morgan fingerprint density at radius 2 is 2.00 bits per heavy atom. The van der Waals surface area contributed by atoms with E-state index in [-0.39, 0.29) is 5.91 Å². The van der Waals surface area contributed by atoms with Gasteiger partial charge in [-0.1, -0.05) is 11.3 Å². The highest BCUT2D eigenvalue weighted by atomic mass is 32.1. The lowest BCUT2D eigenvalue weighted by Crippen LogP contribution is -2.35. The summed E-state index contributed by atoms with van der Waals surface area (Å²) in [4.78, 5) is 33.2. The van der Waals surface area contributed by atoms with E-state index in [9.17, 15) is 9.59 Å². The zero-order valence-corrected chi connectivity index (χ0v) is 15.2. The van der Waals surface area contributed by atoms with Crippen LogP contribution in [0.1, 0.15) is 20.9 Å². The summed E-state index contributed by atoms with van der Waals surface area (Å²) < 4.78 is 4.58. The van der Waals surface area contributed by atoms with E-state index in [1.54, 1.807) is 0 Å². The maximum atomic E-state index is 12.7. The van der Waals surface area contributed by atoms with Crippen LogP contribution >= 0.6 is 11.3 Å². The monoisotopic (exact) mass is 360 g/mol. The molecule has 132 valence electrons. The van der Waals surface area contributed by atoms with Crippen molar-refractivity contribution in [2.45, 2.75) is 13.0 Å². The van der Waals surface area contributed by atoms with E-state index in [0.29, 0.717) is 30.2 Å². The fraction of sp³-hybridized carbons (Fsp3) is 0.353. The third-order valence-corrected chi connectivity index (χ3v) is 5.04. The van der Waals surface area contributed by atoms with Gasteiger partial charge in [0.1, 0.15) is 0 Å². The van der Waals surface area contributed by atoms with E-state index in [1.165, 1.54) is 18.4 Å². The number of hydrogen-bond acceptors (Lipinski definition) is 6. The molecule has 8 heteroatoms. The first-order valence-corrected chi connectivity index (χ1v) is 8.70. The normalized spacial score (nSPS) is 13.2. The van der Waals surface area contributed by atoms with E-state index in [2.05, 4.69) is 15.0 Å².